The van der Waals surface area contributed by atoms with Crippen molar-refractivity contribution in [2.75, 3.05) is 19.6 Å². The molecule has 3 rings (SSSR count). The van der Waals surface area contributed by atoms with E-state index >= 15 is 0 Å². The van der Waals surface area contributed by atoms with Gasteiger partial charge in [-0.1, -0.05) is 13.8 Å². The Balaban J connectivity index is 1.88. The highest BCUT2D eigenvalue weighted by Gasteiger charge is 2.64. The summed E-state index contributed by atoms with van der Waals surface area (Å²) in [5.41, 5.74) is -0.0686. The summed E-state index contributed by atoms with van der Waals surface area (Å²) in [6.45, 7) is 10.7. The molecule has 1 N–H and O–H groups in total. The number of carbonyl (C=O) groups is 1. The quantitative estimate of drug-likeness (QED) is 0.784. The van der Waals surface area contributed by atoms with E-state index in [0.717, 1.165) is 25.9 Å². The molecule has 0 spiro atoms. The first-order valence-corrected chi connectivity index (χ1v) is 6.64. The van der Waals surface area contributed by atoms with Gasteiger partial charge in [0.2, 0.25) is 5.91 Å². The van der Waals surface area contributed by atoms with Crippen molar-refractivity contribution in [3.8, 4) is 0 Å². The highest BCUT2D eigenvalue weighted by molar-refractivity contribution is 5.79. The molecule has 3 fully saturated rings. The lowest BCUT2D eigenvalue weighted by Gasteiger charge is -2.44. The van der Waals surface area contributed by atoms with E-state index in [1.165, 1.54) is 0 Å². The van der Waals surface area contributed by atoms with Crippen LogP contribution in [-0.2, 0) is 9.53 Å². The van der Waals surface area contributed by atoms with Crippen LogP contribution < -0.4 is 5.32 Å². The summed E-state index contributed by atoms with van der Waals surface area (Å²) < 4.78 is 5.86. The number of nitrogens with zero attached hydrogens (tertiary/aromatic N) is 1. The Kier molecular flexibility index (Phi) is 3.21. The molecule has 2 saturated heterocycles. The van der Waals surface area contributed by atoms with Gasteiger partial charge in [-0.15, -0.1) is 0 Å². The van der Waals surface area contributed by atoms with E-state index in [1.807, 2.05) is 0 Å². The SMILES string of the molecule is CCN(CC)CC(=O)NC12CC(C)(C1)OC2C. The molecule has 4 heteroatoms. The molecule has 4 nitrogen and oxygen atoms in total. The zero-order valence-electron chi connectivity index (χ0n) is 11.4. The van der Waals surface area contributed by atoms with Crippen LogP contribution in [0.15, 0.2) is 0 Å². The van der Waals surface area contributed by atoms with Crippen LogP contribution >= 0.6 is 0 Å². The Hall–Kier alpha value is -0.610. The Morgan fingerprint density at radius 1 is 1.41 bits per heavy atom. The molecular weight excluding hydrogens is 216 g/mol. The van der Waals surface area contributed by atoms with E-state index in [0.29, 0.717) is 6.54 Å². The van der Waals surface area contributed by atoms with Crippen molar-refractivity contribution in [1.82, 2.24) is 10.2 Å². The predicted molar refractivity (Wildman–Crippen MR) is 66.8 cm³/mol. The maximum Gasteiger partial charge on any atom is 0.234 e. The minimum Gasteiger partial charge on any atom is -0.370 e. The molecule has 1 atom stereocenters. The van der Waals surface area contributed by atoms with Gasteiger partial charge in [0.1, 0.15) is 0 Å². The molecule has 1 unspecified atom stereocenters. The minimum absolute atomic E-state index is 0.0158. The molecule has 0 aromatic carbocycles. The number of hydrogen-bond donors (Lipinski definition) is 1. The molecule has 2 bridgehead atoms. The van der Waals surface area contributed by atoms with Gasteiger partial charge in [-0.05, 0) is 26.9 Å². The summed E-state index contributed by atoms with van der Waals surface area (Å²) in [5.74, 6) is 0.133. The smallest absolute Gasteiger partial charge is 0.234 e. The molecule has 2 aliphatic heterocycles. The maximum atomic E-state index is 12.0. The van der Waals surface area contributed by atoms with Crippen LogP contribution in [0.5, 0.6) is 0 Å². The lowest BCUT2D eigenvalue weighted by molar-refractivity contribution is -0.125. The topological polar surface area (TPSA) is 41.6 Å². The number of nitrogens with one attached hydrogen (secondary N) is 1. The van der Waals surface area contributed by atoms with E-state index < -0.39 is 0 Å². The summed E-state index contributed by atoms with van der Waals surface area (Å²) in [5, 5.41) is 3.19. The summed E-state index contributed by atoms with van der Waals surface area (Å²) >= 11 is 0. The Morgan fingerprint density at radius 3 is 2.41 bits per heavy atom. The van der Waals surface area contributed by atoms with Crippen molar-refractivity contribution < 1.29 is 9.53 Å². The number of amides is 1. The second-order valence-electron chi connectivity index (χ2n) is 5.73. The fourth-order valence-electron chi connectivity index (χ4n) is 3.35. The molecule has 1 aliphatic carbocycles. The Bertz CT molecular complexity index is 307. The van der Waals surface area contributed by atoms with Crippen LogP contribution in [0, 0.1) is 0 Å². The molecule has 0 radical (unpaired) electrons. The van der Waals surface area contributed by atoms with Gasteiger partial charge in [0.25, 0.3) is 0 Å². The first-order chi connectivity index (χ1) is 7.93. The van der Waals surface area contributed by atoms with Crippen molar-refractivity contribution in [1.29, 1.82) is 0 Å². The molecule has 1 saturated carbocycles. The zero-order chi connectivity index (χ0) is 12.7. The highest BCUT2D eigenvalue weighted by atomic mass is 16.5. The van der Waals surface area contributed by atoms with Gasteiger partial charge in [-0.25, -0.2) is 0 Å². The first-order valence-electron chi connectivity index (χ1n) is 6.64. The third kappa shape index (κ3) is 2.20. The van der Waals surface area contributed by atoms with Gasteiger partial charge < -0.3 is 10.1 Å². The fourth-order valence-corrected chi connectivity index (χ4v) is 3.35. The standard InChI is InChI=1S/C13H24N2O2/c1-5-15(6-2)7-11(16)14-13-8-12(4,9-13)17-10(13)3/h10H,5-9H2,1-4H3,(H,14,16). The number of carbonyl (C=O) groups excluding carboxylic acids is 1. The maximum absolute atomic E-state index is 12.0. The van der Waals surface area contributed by atoms with Crippen LogP contribution in [0.3, 0.4) is 0 Å². The van der Waals surface area contributed by atoms with E-state index in [1.54, 1.807) is 0 Å². The molecule has 2 heterocycles. The average Bonchev–Trinajstić information content (AvgIpc) is 2.59. The van der Waals surface area contributed by atoms with E-state index in [2.05, 4.69) is 37.9 Å². The van der Waals surface area contributed by atoms with Gasteiger partial charge in [-0.3, -0.25) is 9.69 Å². The first kappa shape index (κ1) is 12.8. The van der Waals surface area contributed by atoms with Crippen molar-refractivity contribution in [2.24, 2.45) is 0 Å². The van der Waals surface area contributed by atoms with Gasteiger partial charge in [-0.2, -0.15) is 0 Å². The predicted octanol–water partition coefficient (Wildman–Crippen LogP) is 1.15. The van der Waals surface area contributed by atoms with Crippen molar-refractivity contribution in [3.05, 3.63) is 0 Å². The molecule has 0 aromatic heterocycles. The van der Waals surface area contributed by atoms with Gasteiger partial charge >= 0.3 is 0 Å². The molecular formula is C13H24N2O2. The van der Waals surface area contributed by atoms with Crippen LogP contribution in [0.2, 0.25) is 0 Å². The lowest BCUT2D eigenvalue weighted by atomic mass is 9.67. The van der Waals surface area contributed by atoms with Gasteiger partial charge in [0.15, 0.2) is 0 Å². The molecule has 98 valence electrons. The van der Waals surface area contributed by atoms with Crippen LogP contribution in [-0.4, -0.2) is 47.7 Å². The van der Waals surface area contributed by atoms with Crippen LogP contribution in [0.1, 0.15) is 40.5 Å². The number of fused-ring (bicyclic) bond motifs is 1. The van der Waals surface area contributed by atoms with Crippen molar-refractivity contribution in [3.63, 3.8) is 0 Å². The number of likely N-dealkylation sites (N-methyl/N-ethyl adjacent to an activating group) is 1. The largest absolute Gasteiger partial charge is 0.370 e. The summed E-state index contributed by atoms with van der Waals surface area (Å²) in [6.07, 6.45) is 2.07. The van der Waals surface area contributed by atoms with Crippen molar-refractivity contribution in [2.45, 2.75) is 57.8 Å². The number of ether oxygens (including phenoxy) is 1. The monoisotopic (exact) mass is 240 g/mol. The third-order valence-electron chi connectivity index (χ3n) is 4.27. The summed E-state index contributed by atoms with van der Waals surface area (Å²) in [7, 11) is 0. The third-order valence-corrected chi connectivity index (χ3v) is 4.27. The average molecular weight is 240 g/mol. The highest BCUT2D eigenvalue weighted by Crippen LogP contribution is 2.54. The summed E-state index contributed by atoms with van der Waals surface area (Å²) in [4.78, 5) is 14.1. The normalized spacial score (nSPS) is 39.2. The molecule has 3 aliphatic rings. The summed E-state index contributed by atoms with van der Waals surface area (Å²) in [6, 6.07) is 0. The molecule has 1 amide bonds. The van der Waals surface area contributed by atoms with E-state index in [-0.39, 0.29) is 23.2 Å². The van der Waals surface area contributed by atoms with E-state index in [4.69, 9.17) is 4.74 Å². The van der Waals surface area contributed by atoms with Gasteiger partial charge in [0.05, 0.1) is 23.8 Å². The Labute approximate surface area is 104 Å². The lowest BCUT2D eigenvalue weighted by Crippen LogP contribution is -2.61. The zero-order valence-corrected chi connectivity index (χ0v) is 11.4. The number of rotatable bonds is 5. The Morgan fingerprint density at radius 2 is 2.00 bits per heavy atom. The second kappa shape index (κ2) is 4.25. The second-order valence-corrected chi connectivity index (χ2v) is 5.73. The fraction of sp³-hybridized carbons (Fsp3) is 0.923. The minimum atomic E-state index is -0.0843. The van der Waals surface area contributed by atoms with Crippen LogP contribution in [0.4, 0.5) is 0 Å². The van der Waals surface area contributed by atoms with Crippen LogP contribution in [0.25, 0.3) is 0 Å². The molecule has 0 aromatic rings. The number of hydrogen-bond acceptors (Lipinski definition) is 3. The molecule has 17 heavy (non-hydrogen) atoms. The van der Waals surface area contributed by atoms with Gasteiger partial charge in [0, 0.05) is 12.8 Å². The van der Waals surface area contributed by atoms with Crippen molar-refractivity contribution >= 4 is 5.91 Å². The van der Waals surface area contributed by atoms with E-state index in [9.17, 15) is 4.79 Å².